The Labute approximate surface area is 119 Å². The Bertz CT molecular complexity index is 442. The molecule has 1 atom stereocenters. The van der Waals surface area contributed by atoms with Crippen LogP contribution in [0, 0.1) is 0 Å². The third-order valence-electron chi connectivity index (χ3n) is 3.96. The number of rotatable bonds is 6. The Hall–Kier alpha value is -1.59. The maximum Gasteiger partial charge on any atom is 0.141 e. The molecule has 5 nitrogen and oxygen atoms in total. The van der Waals surface area contributed by atoms with Crippen molar-refractivity contribution < 1.29 is 10.3 Å². The summed E-state index contributed by atoms with van der Waals surface area (Å²) < 4.78 is 0. The van der Waals surface area contributed by atoms with Crippen molar-refractivity contribution in [2.75, 3.05) is 6.54 Å². The van der Waals surface area contributed by atoms with Gasteiger partial charge in [-0.15, -0.1) is 0 Å². The van der Waals surface area contributed by atoms with Gasteiger partial charge in [0.25, 0.3) is 0 Å². The third-order valence-corrected chi connectivity index (χ3v) is 3.96. The van der Waals surface area contributed by atoms with Crippen molar-refractivity contribution in [1.82, 2.24) is 5.32 Å². The Morgan fingerprint density at radius 2 is 1.95 bits per heavy atom. The maximum atomic E-state index is 10.4. The first kappa shape index (κ1) is 14.8. The summed E-state index contributed by atoms with van der Waals surface area (Å²) in [6.45, 7) is 0.533. The van der Waals surface area contributed by atoms with Gasteiger partial charge in [0.15, 0.2) is 0 Å². The van der Waals surface area contributed by atoms with Gasteiger partial charge in [-0.25, -0.2) is 0 Å². The van der Waals surface area contributed by atoms with E-state index in [9.17, 15) is 5.11 Å². The largest absolute Gasteiger partial charge is 0.409 e. The summed E-state index contributed by atoms with van der Waals surface area (Å²) in [7, 11) is 0. The summed E-state index contributed by atoms with van der Waals surface area (Å²) in [6, 6.07) is 9.81. The number of oxime groups is 1. The molecule has 0 aromatic heterocycles. The van der Waals surface area contributed by atoms with Gasteiger partial charge in [0.1, 0.15) is 5.84 Å². The maximum absolute atomic E-state index is 10.4. The Balaban J connectivity index is 2.03. The van der Waals surface area contributed by atoms with Crippen LogP contribution in [0.1, 0.15) is 43.7 Å². The van der Waals surface area contributed by atoms with Crippen LogP contribution in [0.5, 0.6) is 0 Å². The van der Waals surface area contributed by atoms with Crippen LogP contribution >= 0.6 is 0 Å². The molecule has 1 aromatic rings. The minimum absolute atomic E-state index is 0.0586. The zero-order valence-corrected chi connectivity index (χ0v) is 11.6. The zero-order valence-electron chi connectivity index (χ0n) is 11.6. The van der Waals surface area contributed by atoms with Gasteiger partial charge >= 0.3 is 0 Å². The Morgan fingerprint density at radius 1 is 1.30 bits per heavy atom. The van der Waals surface area contributed by atoms with Crippen LogP contribution in [0.4, 0.5) is 0 Å². The minimum Gasteiger partial charge on any atom is -0.409 e. The van der Waals surface area contributed by atoms with E-state index in [0.717, 1.165) is 31.2 Å². The van der Waals surface area contributed by atoms with Gasteiger partial charge in [0.05, 0.1) is 5.60 Å². The van der Waals surface area contributed by atoms with Crippen molar-refractivity contribution >= 4 is 5.84 Å². The van der Waals surface area contributed by atoms with Crippen molar-refractivity contribution in [2.24, 2.45) is 10.9 Å². The second kappa shape index (κ2) is 6.72. The fourth-order valence-corrected chi connectivity index (χ4v) is 2.77. The van der Waals surface area contributed by atoms with Crippen LogP contribution in [0.15, 0.2) is 35.5 Å². The number of nitrogens with zero attached hydrogens (tertiary/aromatic N) is 1. The Kier molecular flexibility index (Phi) is 4.98. The van der Waals surface area contributed by atoms with Gasteiger partial charge in [-0.2, -0.15) is 0 Å². The van der Waals surface area contributed by atoms with Crippen molar-refractivity contribution in [1.29, 1.82) is 0 Å². The molecule has 1 aliphatic rings. The second-order valence-electron chi connectivity index (χ2n) is 5.57. The molecule has 1 unspecified atom stereocenters. The summed E-state index contributed by atoms with van der Waals surface area (Å²) in [4.78, 5) is 0. The van der Waals surface area contributed by atoms with E-state index in [0.29, 0.717) is 13.0 Å². The molecule has 0 saturated heterocycles. The molecule has 1 saturated carbocycles. The van der Waals surface area contributed by atoms with Crippen molar-refractivity contribution in [3.8, 4) is 0 Å². The van der Waals surface area contributed by atoms with Gasteiger partial charge in [-0.1, -0.05) is 48.3 Å². The van der Waals surface area contributed by atoms with E-state index in [4.69, 9.17) is 10.9 Å². The molecule has 5 heteroatoms. The predicted octanol–water partition coefficient (Wildman–Crippen LogP) is 1.76. The molecule has 0 radical (unpaired) electrons. The average molecular weight is 277 g/mol. The minimum atomic E-state index is -0.613. The van der Waals surface area contributed by atoms with E-state index in [1.807, 2.05) is 30.3 Å². The molecule has 20 heavy (non-hydrogen) atoms. The van der Waals surface area contributed by atoms with Crippen LogP contribution in [0.25, 0.3) is 0 Å². The number of nitrogens with one attached hydrogen (secondary N) is 1. The fraction of sp³-hybridized carbons (Fsp3) is 0.533. The molecule has 0 aliphatic heterocycles. The number of benzene rings is 1. The summed E-state index contributed by atoms with van der Waals surface area (Å²) in [5, 5.41) is 25.6. The number of nitrogens with two attached hydrogens (primary N) is 1. The van der Waals surface area contributed by atoms with Crippen LogP contribution in [-0.4, -0.2) is 28.3 Å². The number of aliphatic hydroxyl groups is 1. The van der Waals surface area contributed by atoms with E-state index in [1.165, 1.54) is 0 Å². The van der Waals surface area contributed by atoms with E-state index in [-0.39, 0.29) is 11.9 Å². The summed E-state index contributed by atoms with van der Waals surface area (Å²) in [5.41, 5.74) is 6.08. The van der Waals surface area contributed by atoms with E-state index in [2.05, 4.69) is 10.5 Å². The first-order chi connectivity index (χ1) is 9.63. The third kappa shape index (κ3) is 3.95. The van der Waals surface area contributed by atoms with Crippen LogP contribution in [0.2, 0.25) is 0 Å². The topological polar surface area (TPSA) is 90.9 Å². The lowest BCUT2D eigenvalue weighted by Gasteiger charge is -2.27. The molecular formula is C15H23N3O2. The van der Waals surface area contributed by atoms with Gasteiger partial charge < -0.3 is 21.4 Å². The molecule has 0 heterocycles. The normalized spacial score (nSPS) is 19.9. The van der Waals surface area contributed by atoms with Gasteiger partial charge in [0.2, 0.25) is 0 Å². The van der Waals surface area contributed by atoms with Crippen LogP contribution < -0.4 is 11.1 Å². The average Bonchev–Trinajstić information content (AvgIpc) is 2.91. The summed E-state index contributed by atoms with van der Waals surface area (Å²) >= 11 is 0. The quantitative estimate of drug-likeness (QED) is 0.276. The zero-order chi connectivity index (χ0) is 14.4. The Morgan fingerprint density at radius 3 is 2.55 bits per heavy atom. The molecule has 2 rings (SSSR count). The molecule has 0 bridgehead atoms. The van der Waals surface area contributed by atoms with Crippen molar-refractivity contribution in [3.63, 3.8) is 0 Å². The van der Waals surface area contributed by atoms with Crippen LogP contribution in [0.3, 0.4) is 0 Å². The van der Waals surface area contributed by atoms with E-state index in [1.54, 1.807) is 0 Å². The molecule has 0 amide bonds. The predicted molar refractivity (Wildman–Crippen MR) is 78.6 cm³/mol. The van der Waals surface area contributed by atoms with Gasteiger partial charge in [-0.3, -0.25) is 0 Å². The highest BCUT2D eigenvalue weighted by molar-refractivity contribution is 5.80. The van der Waals surface area contributed by atoms with Crippen LogP contribution in [-0.2, 0) is 0 Å². The van der Waals surface area contributed by atoms with Crippen molar-refractivity contribution in [2.45, 2.75) is 43.7 Å². The molecular weight excluding hydrogens is 254 g/mol. The molecule has 5 N–H and O–H groups in total. The smallest absolute Gasteiger partial charge is 0.141 e. The molecule has 110 valence electrons. The summed E-state index contributed by atoms with van der Waals surface area (Å²) in [5.74, 6) is 0.185. The highest BCUT2D eigenvalue weighted by Gasteiger charge is 2.31. The van der Waals surface area contributed by atoms with E-state index < -0.39 is 5.60 Å². The lowest BCUT2D eigenvalue weighted by atomic mass is 9.99. The first-order valence-corrected chi connectivity index (χ1v) is 7.10. The molecule has 1 aliphatic carbocycles. The van der Waals surface area contributed by atoms with E-state index >= 15 is 0 Å². The number of amidine groups is 1. The summed E-state index contributed by atoms with van der Waals surface area (Å²) in [6.07, 6.45) is 4.25. The second-order valence-corrected chi connectivity index (χ2v) is 5.57. The monoisotopic (exact) mass is 277 g/mol. The molecule has 1 fully saturated rings. The highest BCUT2D eigenvalue weighted by atomic mass is 16.4. The number of hydrogen-bond acceptors (Lipinski definition) is 4. The molecule has 1 aromatic carbocycles. The standard InChI is InChI=1S/C15H23N3O2/c16-14(18-20)10-13(12-6-2-1-3-7-12)17-11-15(19)8-4-5-9-15/h1-3,6-7,13,17,19-20H,4-5,8-11H2,(H2,16,18). The highest BCUT2D eigenvalue weighted by Crippen LogP contribution is 2.29. The first-order valence-electron chi connectivity index (χ1n) is 7.10. The lowest BCUT2D eigenvalue weighted by Crippen LogP contribution is -2.40. The number of hydrogen-bond donors (Lipinski definition) is 4. The SMILES string of the molecule is NC(CC(NCC1(O)CCCC1)c1ccccc1)=NO. The molecule has 0 spiro atoms. The van der Waals surface area contributed by atoms with Crippen molar-refractivity contribution in [3.05, 3.63) is 35.9 Å². The van der Waals surface area contributed by atoms with Gasteiger partial charge in [0, 0.05) is 19.0 Å². The fourth-order valence-electron chi connectivity index (χ4n) is 2.77. The van der Waals surface area contributed by atoms with Gasteiger partial charge in [-0.05, 0) is 18.4 Å². The lowest BCUT2D eigenvalue weighted by molar-refractivity contribution is 0.0449.